The number of amides is 3. The number of anilines is 2. The van der Waals surface area contributed by atoms with Gasteiger partial charge in [0.2, 0.25) is 0 Å². The summed E-state index contributed by atoms with van der Waals surface area (Å²) < 4.78 is 11.3. The quantitative estimate of drug-likeness (QED) is 0.218. The fourth-order valence-electron chi connectivity index (χ4n) is 3.25. The van der Waals surface area contributed by atoms with E-state index in [-0.39, 0.29) is 12.5 Å². The third-order valence-electron chi connectivity index (χ3n) is 4.95. The highest BCUT2D eigenvalue weighted by atomic mass is 35.5. The molecule has 192 valence electrons. The Morgan fingerprint density at radius 2 is 1.73 bits per heavy atom. The topological polar surface area (TPSA) is 118 Å². The van der Waals surface area contributed by atoms with Crippen LogP contribution >= 0.6 is 11.6 Å². The highest BCUT2D eigenvalue weighted by molar-refractivity contribution is 6.39. The summed E-state index contributed by atoms with van der Waals surface area (Å²) in [5.74, 6) is -1.37. The van der Waals surface area contributed by atoms with Crippen molar-refractivity contribution in [2.75, 3.05) is 23.8 Å². The second kappa shape index (κ2) is 13.1. The van der Waals surface area contributed by atoms with Gasteiger partial charge in [0.15, 0.2) is 18.1 Å². The van der Waals surface area contributed by atoms with Gasteiger partial charge in [-0.25, -0.2) is 5.43 Å². The number of aryl methyl sites for hydroxylation is 2. The molecular weight excluding hydrogens is 496 g/mol. The van der Waals surface area contributed by atoms with Gasteiger partial charge in [0.1, 0.15) is 0 Å². The first-order valence-electron chi connectivity index (χ1n) is 11.4. The number of halogens is 1. The number of nitrogens with zero attached hydrogens (tertiary/aromatic N) is 1. The van der Waals surface area contributed by atoms with Crippen molar-refractivity contribution in [2.45, 2.75) is 20.8 Å². The SMILES string of the molecule is CCOc1cc(/C=N\NC(=O)C(=O)Nc2cccc(Cl)c2)ccc1OCC(=O)Nc1ccc(C)cc1C. The average Bonchev–Trinajstić information content (AvgIpc) is 2.85. The van der Waals surface area contributed by atoms with E-state index in [4.69, 9.17) is 21.1 Å². The number of carbonyl (C=O) groups excluding carboxylic acids is 3. The molecule has 0 atom stereocenters. The lowest BCUT2D eigenvalue weighted by Gasteiger charge is -2.13. The number of carbonyl (C=O) groups is 3. The van der Waals surface area contributed by atoms with Crippen molar-refractivity contribution in [3.63, 3.8) is 0 Å². The van der Waals surface area contributed by atoms with Crippen LogP contribution in [-0.2, 0) is 14.4 Å². The summed E-state index contributed by atoms with van der Waals surface area (Å²) >= 11 is 5.87. The maximum atomic E-state index is 12.4. The molecule has 0 spiro atoms. The highest BCUT2D eigenvalue weighted by Crippen LogP contribution is 2.28. The first-order valence-corrected chi connectivity index (χ1v) is 11.8. The molecule has 3 amide bonds. The van der Waals surface area contributed by atoms with Gasteiger partial charge < -0.3 is 20.1 Å². The van der Waals surface area contributed by atoms with Crippen LogP contribution in [0.1, 0.15) is 23.6 Å². The maximum absolute atomic E-state index is 12.4. The Kier molecular flexibility index (Phi) is 9.62. The zero-order chi connectivity index (χ0) is 26.8. The van der Waals surface area contributed by atoms with E-state index in [1.807, 2.05) is 39.0 Å². The number of benzene rings is 3. The van der Waals surface area contributed by atoms with Gasteiger partial charge >= 0.3 is 11.8 Å². The Morgan fingerprint density at radius 1 is 0.919 bits per heavy atom. The van der Waals surface area contributed by atoms with Gasteiger partial charge in [-0.3, -0.25) is 14.4 Å². The summed E-state index contributed by atoms with van der Waals surface area (Å²) in [5.41, 5.74) is 5.91. The molecule has 0 aliphatic rings. The molecule has 0 saturated carbocycles. The molecule has 3 N–H and O–H groups in total. The van der Waals surface area contributed by atoms with Crippen LogP contribution in [0.4, 0.5) is 11.4 Å². The Labute approximate surface area is 219 Å². The lowest BCUT2D eigenvalue weighted by Crippen LogP contribution is -2.32. The second-order valence-electron chi connectivity index (χ2n) is 7.96. The van der Waals surface area contributed by atoms with Crippen molar-refractivity contribution < 1.29 is 23.9 Å². The van der Waals surface area contributed by atoms with E-state index in [9.17, 15) is 14.4 Å². The molecule has 10 heteroatoms. The molecule has 0 radical (unpaired) electrons. The number of hydrazone groups is 1. The Balaban J connectivity index is 1.56. The maximum Gasteiger partial charge on any atom is 0.329 e. The molecule has 0 saturated heterocycles. The number of hydrogen-bond acceptors (Lipinski definition) is 6. The number of nitrogens with one attached hydrogen (secondary N) is 3. The molecule has 9 nitrogen and oxygen atoms in total. The van der Waals surface area contributed by atoms with Crippen LogP contribution < -0.4 is 25.5 Å². The van der Waals surface area contributed by atoms with Crippen molar-refractivity contribution in [1.82, 2.24) is 5.43 Å². The van der Waals surface area contributed by atoms with Crippen LogP contribution in [0.25, 0.3) is 0 Å². The van der Waals surface area contributed by atoms with Gasteiger partial charge in [0.25, 0.3) is 5.91 Å². The molecule has 0 fully saturated rings. The standard InChI is InChI=1S/C27H27ClN4O5/c1-4-36-24-13-19(15-29-32-27(35)26(34)30-21-7-5-6-20(28)14-21)9-11-23(24)37-16-25(33)31-22-10-8-17(2)12-18(22)3/h5-15H,4,16H2,1-3H3,(H,30,34)(H,31,33)(H,32,35)/b29-15-. The molecule has 0 unspecified atom stereocenters. The van der Waals surface area contributed by atoms with Crippen molar-refractivity contribution in [2.24, 2.45) is 5.10 Å². The lowest BCUT2D eigenvalue weighted by molar-refractivity contribution is -0.136. The van der Waals surface area contributed by atoms with Gasteiger partial charge in [0.05, 0.1) is 12.8 Å². The molecule has 3 aromatic rings. The predicted octanol–water partition coefficient (Wildman–Crippen LogP) is 4.46. The van der Waals surface area contributed by atoms with Crippen LogP contribution in [0.2, 0.25) is 5.02 Å². The molecule has 37 heavy (non-hydrogen) atoms. The molecular formula is C27H27ClN4O5. The Morgan fingerprint density at radius 3 is 2.46 bits per heavy atom. The summed E-state index contributed by atoms with van der Waals surface area (Å²) in [6.07, 6.45) is 1.35. The van der Waals surface area contributed by atoms with Crippen molar-refractivity contribution in [3.05, 3.63) is 82.4 Å². The number of hydrogen-bond donors (Lipinski definition) is 3. The first kappa shape index (κ1) is 27.2. The van der Waals surface area contributed by atoms with Crippen LogP contribution in [0.15, 0.2) is 65.8 Å². The Bertz CT molecular complexity index is 1330. The third-order valence-corrected chi connectivity index (χ3v) is 5.19. The summed E-state index contributed by atoms with van der Waals surface area (Å²) in [4.78, 5) is 36.4. The van der Waals surface area contributed by atoms with E-state index in [0.29, 0.717) is 34.4 Å². The zero-order valence-corrected chi connectivity index (χ0v) is 21.4. The van der Waals surface area contributed by atoms with Crippen molar-refractivity contribution >= 4 is 46.9 Å². The highest BCUT2D eigenvalue weighted by Gasteiger charge is 2.13. The number of rotatable bonds is 9. The Hall–Kier alpha value is -4.37. The van der Waals surface area contributed by atoms with Gasteiger partial charge in [0, 0.05) is 16.4 Å². The van der Waals surface area contributed by atoms with E-state index in [1.165, 1.54) is 12.3 Å². The molecule has 0 bridgehead atoms. The fraction of sp³-hybridized carbons (Fsp3) is 0.185. The van der Waals surface area contributed by atoms with Gasteiger partial charge in [-0.15, -0.1) is 0 Å². The van der Waals surface area contributed by atoms with E-state index < -0.39 is 11.8 Å². The van der Waals surface area contributed by atoms with Gasteiger partial charge in [-0.2, -0.15) is 5.10 Å². The molecule has 0 aromatic heterocycles. The minimum absolute atomic E-state index is 0.210. The molecule has 0 aliphatic heterocycles. The van der Waals surface area contributed by atoms with E-state index >= 15 is 0 Å². The lowest BCUT2D eigenvalue weighted by atomic mass is 10.1. The fourth-order valence-corrected chi connectivity index (χ4v) is 3.44. The molecule has 0 aliphatic carbocycles. The molecule has 0 heterocycles. The van der Waals surface area contributed by atoms with E-state index in [0.717, 1.165) is 16.8 Å². The van der Waals surface area contributed by atoms with Crippen LogP contribution in [0.5, 0.6) is 11.5 Å². The van der Waals surface area contributed by atoms with Crippen LogP contribution in [0.3, 0.4) is 0 Å². The van der Waals surface area contributed by atoms with Gasteiger partial charge in [-0.1, -0.05) is 35.4 Å². The number of ether oxygens (including phenoxy) is 2. The van der Waals surface area contributed by atoms with Crippen LogP contribution in [-0.4, -0.2) is 37.1 Å². The summed E-state index contributed by atoms with van der Waals surface area (Å²) in [6, 6.07) is 17.1. The minimum atomic E-state index is -0.948. The molecule has 3 aromatic carbocycles. The average molecular weight is 523 g/mol. The van der Waals surface area contributed by atoms with Crippen LogP contribution in [0, 0.1) is 13.8 Å². The summed E-state index contributed by atoms with van der Waals surface area (Å²) in [7, 11) is 0. The predicted molar refractivity (Wildman–Crippen MR) is 143 cm³/mol. The van der Waals surface area contributed by atoms with E-state index in [2.05, 4.69) is 21.2 Å². The molecule has 3 rings (SSSR count). The first-order chi connectivity index (χ1) is 17.7. The smallest absolute Gasteiger partial charge is 0.329 e. The summed E-state index contributed by atoms with van der Waals surface area (Å²) in [6.45, 7) is 5.88. The monoisotopic (exact) mass is 522 g/mol. The summed E-state index contributed by atoms with van der Waals surface area (Å²) in [5, 5.41) is 9.50. The third kappa shape index (κ3) is 8.36. The minimum Gasteiger partial charge on any atom is -0.490 e. The van der Waals surface area contributed by atoms with E-state index in [1.54, 1.807) is 36.4 Å². The van der Waals surface area contributed by atoms with Crippen molar-refractivity contribution in [3.8, 4) is 11.5 Å². The van der Waals surface area contributed by atoms with Crippen molar-refractivity contribution in [1.29, 1.82) is 0 Å². The van der Waals surface area contributed by atoms with Gasteiger partial charge in [-0.05, 0) is 74.4 Å². The normalized spacial score (nSPS) is 10.6. The zero-order valence-electron chi connectivity index (χ0n) is 20.6. The second-order valence-corrected chi connectivity index (χ2v) is 8.39. The largest absolute Gasteiger partial charge is 0.490 e.